The number of hydrogen-bond acceptors (Lipinski definition) is 4. The zero-order chi connectivity index (χ0) is 15.5. The molecule has 3 aromatic rings. The Hall–Kier alpha value is -2.40. The first-order valence-electron chi connectivity index (χ1n) is 7.01. The molecule has 0 saturated heterocycles. The van der Waals surface area contributed by atoms with E-state index < -0.39 is 0 Å². The minimum Gasteiger partial charge on any atom is -0.459 e. The lowest BCUT2D eigenvalue weighted by Gasteiger charge is -2.13. The second kappa shape index (κ2) is 6.15. The lowest BCUT2D eigenvalue weighted by atomic mass is 10.1. The van der Waals surface area contributed by atoms with E-state index in [0.29, 0.717) is 16.5 Å². The fourth-order valence-corrected chi connectivity index (χ4v) is 2.90. The summed E-state index contributed by atoms with van der Waals surface area (Å²) in [6.07, 6.45) is 0. The third-order valence-corrected chi connectivity index (χ3v) is 4.19. The molecule has 0 fully saturated rings. The summed E-state index contributed by atoms with van der Waals surface area (Å²) >= 11 is 1.40. The number of nitrogens with zero attached hydrogens (tertiary/aromatic N) is 1. The zero-order valence-corrected chi connectivity index (χ0v) is 13.2. The molecule has 22 heavy (non-hydrogen) atoms. The third kappa shape index (κ3) is 3.09. The van der Waals surface area contributed by atoms with Gasteiger partial charge in [-0.15, -0.1) is 11.3 Å². The molecule has 0 spiro atoms. The van der Waals surface area contributed by atoms with Crippen molar-refractivity contribution in [3.8, 4) is 10.8 Å². The summed E-state index contributed by atoms with van der Waals surface area (Å²) in [6.45, 7) is 3.84. The molecule has 0 radical (unpaired) electrons. The number of carbonyl (C=O) groups excluding carboxylic acids is 1. The number of aromatic nitrogens is 1. The van der Waals surface area contributed by atoms with Crippen LogP contribution in [-0.2, 0) is 0 Å². The molecule has 1 amide bonds. The van der Waals surface area contributed by atoms with Crippen LogP contribution in [0.1, 0.15) is 34.8 Å². The first kappa shape index (κ1) is 14.5. The maximum absolute atomic E-state index is 12.3. The molecule has 0 aliphatic rings. The Morgan fingerprint density at radius 3 is 2.68 bits per heavy atom. The summed E-state index contributed by atoms with van der Waals surface area (Å²) < 4.78 is 5.53. The summed E-state index contributed by atoms with van der Waals surface area (Å²) in [6, 6.07) is 13.5. The third-order valence-electron chi connectivity index (χ3n) is 3.34. The van der Waals surface area contributed by atoms with E-state index in [-0.39, 0.29) is 11.9 Å². The number of rotatable bonds is 4. The largest absolute Gasteiger partial charge is 0.459 e. The average molecular weight is 312 g/mol. The van der Waals surface area contributed by atoms with Crippen LogP contribution in [-0.4, -0.2) is 10.9 Å². The molecule has 2 aromatic heterocycles. The van der Waals surface area contributed by atoms with Gasteiger partial charge in [-0.2, -0.15) is 0 Å². The SMILES string of the molecule is Cc1ccc(-c2nc(C(=O)NC(C)c3ccccc3)cs2)o1. The molecule has 5 heteroatoms. The van der Waals surface area contributed by atoms with Gasteiger partial charge < -0.3 is 9.73 Å². The van der Waals surface area contributed by atoms with Crippen LogP contribution < -0.4 is 5.32 Å². The fourth-order valence-electron chi connectivity index (χ4n) is 2.14. The molecule has 0 aliphatic carbocycles. The number of amides is 1. The Labute approximate surface area is 132 Å². The van der Waals surface area contributed by atoms with Gasteiger partial charge in [-0.05, 0) is 31.5 Å². The highest BCUT2D eigenvalue weighted by atomic mass is 32.1. The van der Waals surface area contributed by atoms with Crippen LogP contribution in [0.4, 0.5) is 0 Å². The van der Waals surface area contributed by atoms with Crippen LogP contribution in [0.2, 0.25) is 0 Å². The van der Waals surface area contributed by atoms with Crippen LogP contribution in [0.5, 0.6) is 0 Å². The van der Waals surface area contributed by atoms with Crippen LogP contribution in [0.15, 0.2) is 52.3 Å². The van der Waals surface area contributed by atoms with Gasteiger partial charge >= 0.3 is 0 Å². The summed E-state index contributed by atoms with van der Waals surface area (Å²) in [5.41, 5.74) is 1.48. The number of nitrogens with one attached hydrogen (secondary N) is 1. The van der Waals surface area contributed by atoms with E-state index in [1.165, 1.54) is 11.3 Å². The first-order valence-corrected chi connectivity index (χ1v) is 7.89. The number of thiazole rings is 1. The Kier molecular flexibility index (Phi) is 4.06. The topological polar surface area (TPSA) is 55.1 Å². The smallest absolute Gasteiger partial charge is 0.271 e. The Morgan fingerprint density at radius 2 is 2.00 bits per heavy atom. The lowest BCUT2D eigenvalue weighted by Crippen LogP contribution is -2.26. The van der Waals surface area contributed by atoms with Crippen molar-refractivity contribution in [2.75, 3.05) is 0 Å². The molecular formula is C17H16N2O2S. The molecule has 0 aliphatic heterocycles. The van der Waals surface area contributed by atoms with Crippen molar-refractivity contribution >= 4 is 17.2 Å². The van der Waals surface area contributed by atoms with Gasteiger partial charge in [0.2, 0.25) is 0 Å². The summed E-state index contributed by atoms with van der Waals surface area (Å²) in [5, 5.41) is 5.42. The van der Waals surface area contributed by atoms with E-state index in [2.05, 4.69) is 10.3 Å². The number of carbonyl (C=O) groups is 1. The van der Waals surface area contributed by atoms with Gasteiger partial charge in [0.15, 0.2) is 10.8 Å². The van der Waals surface area contributed by atoms with Gasteiger partial charge in [0.1, 0.15) is 11.5 Å². The summed E-state index contributed by atoms with van der Waals surface area (Å²) in [5.74, 6) is 1.34. The highest BCUT2D eigenvalue weighted by molar-refractivity contribution is 7.13. The standard InChI is InChI=1S/C17H16N2O2S/c1-11-8-9-15(21-11)17-19-14(10-22-17)16(20)18-12(2)13-6-4-3-5-7-13/h3-10,12H,1-2H3,(H,18,20). The van der Waals surface area contributed by atoms with Gasteiger partial charge in [-0.25, -0.2) is 4.98 Å². The van der Waals surface area contributed by atoms with Gasteiger partial charge in [0.05, 0.1) is 6.04 Å². The second-order valence-corrected chi connectivity index (χ2v) is 5.91. The summed E-state index contributed by atoms with van der Waals surface area (Å²) in [7, 11) is 0. The number of aryl methyl sites for hydroxylation is 1. The molecule has 112 valence electrons. The van der Waals surface area contributed by atoms with Gasteiger partial charge in [0, 0.05) is 5.38 Å². The first-order chi connectivity index (χ1) is 10.6. The molecule has 2 heterocycles. The molecule has 1 aromatic carbocycles. The van der Waals surface area contributed by atoms with Crippen LogP contribution >= 0.6 is 11.3 Å². The lowest BCUT2D eigenvalue weighted by molar-refractivity contribution is 0.0935. The van der Waals surface area contributed by atoms with Crippen LogP contribution in [0.3, 0.4) is 0 Å². The van der Waals surface area contributed by atoms with E-state index >= 15 is 0 Å². The molecule has 3 rings (SSSR count). The van der Waals surface area contributed by atoms with Crippen molar-refractivity contribution < 1.29 is 9.21 Å². The molecule has 1 N–H and O–H groups in total. The van der Waals surface area contributed by atoms with Crippen molar-refractivity contribution in [2.45, 2.75) is 19.9 Å². The molecule has 1 atom stereocenters. The Balaban J connectivity index is 1.72. The Bertz CT molecular complexity index is 777. The van der Waals surface area contributed by atoms with Crippen LogP contribution in [0.25, 0.3) is 10.8 Å². The highest BCUT2D eigenvalue weighted by Crippen LogP contribution is 2.25. The van der Waals surface area contributed by atoms with E-state index in [4.69, 9.17) is 4.42 Å². The van der Waals surface area contributed by atoms with E-state index in [9.17, 15) is 4.79 Å². The Morgan fingerprint density at radius 1 is 1.23 bits per heavy atom. The van der Waals surface area contributed by atoms with Crippen LogP contribution in [0, 0.1) is 6.92 Å². The highest BCUT2D eigenvalue weighted by Gasteiger charge is 2.16. The normalized spacial score (nSPS) is 12.1. The van der Waals surface area contributed by atoms with Crippen molar-refractivity contribution in [3.63, 3.8) is 0 Å². The van der Waals surface area contributed by atoms with Crippen molar-refractivity contribution in [1.82, 2.24) is 10.3 Å². The summed E-state index contributed by atoms with van der Waals surface area (Å²) in [4.78, 5) is 16.6. The molecular weight excluding hydrogens is 296 g/mol. The van der Waals surface area contributed by atoms with E-state index in [1.54, 1.807) is 5.38 Å². The van der Waals surface area contributed by atoms with Crippen molar-refractivity contribution in [3.05, 3.63) is 64.9 Å². The van der Waals surface area contributed by atoms with Gasteiger partial charge in [-0.3, -0.25) is 4.79 Å². The number of benzene rings is 1. The average Bonchev–Trinajstić information content (AvgIpc) is 3.16. The molecule has 4 nitrogen and oxygen atoms in total. The van der Waals surface area contributed by atoms with Crippen molar-refractivity contribution in [1.29, 1.82) is 0 Å². The zero-order valence-electron chi connectivity index (χ0n) is 12.4. The molecule has 0 bridgehead atoms. The molecule has 1 unspecified atom stereocenters. The van der Waals surface area contributed by atoms with E-state index in [0.717, 1.165) is 11.3 Å². The monoisotopic (exact) mass is 312 g/mol. The predicted molar refractivity (Wildman–Crippen MR) is 86.9 cm³/mol. The maximum atomic E-state index is 12.3. The number of hydrogen-bond donors (Lipinski definition) is 1. The minimum absolute atomic E-state index is 0.0651. The van der Waals surface area contributed by atoms with E-state index in [1.807, 2.05) is 56.3 Å². The maximum Gasteiger partial charge on any atom is 0.271 e. The van der Waals surface area contributed by atoms with Gasteiger partial charge in [0.25, 0.3) is 5.91 Å². The van der Waals surface area contributed by atoms with Crippen molar-refractivity contribution in [2.24, 2.45) is 0 Å². The fraction of sp³-hybridized carbons (Fsp3) is 0.176. The predicted octanol–water partition coefficient (Wildman–Crippen LogP) is 4.20. The quantitative estimate of drug-likeness (QED) is 0.785. The minimum atomic E-state index is -0.179. The number of furan rings is 1. The van der Waals surface area contributed by atoms with Gasteiger partial charge in [-0.1, -0.05) is 30.3 Å². The molecule has 0 saturated carbocycles. The second-order valence-electron chi connectivity index (χ2n) is 5.05.